The fraction of sp³-hybridized carbons (Fsp3) is 0.143. The van der Waals surface area contributed by atoms with Gasteiger partial charge in [0.25, 0.3) is 0 Å². The second kappa shape index (κ2) is 12.4. The molecule has 0 N–H and O–H groups in total. The number of rotatable bonds is 1. The van der Waals surface area contributed by atoms with Gasteiger partial charge >= 0.3 is 5.51 Å². The van der Waals surface area contributed by atoms with Gasteiger partial charge < -0.3 is 0 Å². The van der Waals surface area contributed by atoms with Gasteiger partial charge in [-0.15, -0.1) is 12.4 Å². The van der Waals surface area contributed by atoms with Gasteiger partial charge in [-0.05, 0) is 23.9 Å². The summed E-state index contributed by atoms with van der Waals surface area (Å²) < 4.78 is 35.1. The van der Waals surface area contributed by atoms with E-state index in [0.29, 0.717) is 0 Å². The van der Waals surface area contributed by atoms with Crippen molar-refractivity contribution in [3.05, 3.63) is 30.3 Å². The molecule has 0 unspecified atom stereocenters. The molecule has 0 aromatic heterocycles. The normalized spacial score (nSPS) is 7.94. The fourth-order valence-electron chi connectivity index (χ4n) is 0.622. The summed E-state index contributed by atoms with van der Waals surface area (Å²) in [7, 11) is 0. The lowest BCUT2D eigenvalue weighted by Gasteiger charge is -2.03. The van der Waals surface area contributed by atoms with Crippen LogP contribution in [0.2, 0.25) is 0 Å². The Balaban J connectivity index is -0.0000000807. The van der Waals surface area contributed by atoms with E-state index in [2.05, 4.69) is 0 Å². The first-order chi connectivity index (χ1) is 5.08. The summed E-state index contributed by atoms with van der Waals surface area (Å²) in [6.45, 7) is 0. The molecule has 0 atom stereocenters. The molecule has 1 aromatic carbocycles. The Labute approximate surface area is 97.5 Å². The molecule has 1 aromatic rings. The Bertz CT molecular complexity index is 228. The van der Waals surface area contributed by atoms with Gasteiger partial charge in [0.1, 0.15) is 0 Å². The zero-order valence-corrected chi connectivity index (χ0v) is 9.10. The molecule has 0 radical (unpaired) electrons. The molecule has 0 spiro atoms. The molecule has 9 heteroatoms. The maximum absolute atomic E-state index is 11.7. The average Bonchev–Trinajstić information content (AvgIpc) is 1.85. The molecule has 0 aliphatic heterocycles. The van der Waals surface area contributed by atoms with Gasteiger partial charge in [0, 0.05) is 4.90 Å². The van der Waals surface area contributed by atoms with E-state index in [4.69, 9.17) is 0 Å². The van der Waals surface area contributed by atoms with Crippen LogP contribution in [0.5, 0.6) is 0 Å². The van der Waals surface area contributed by atoms with E-state index >= 15 is 0 Å². The first-order valence-corrected chi connectivity index (χ1v) is 3.70. The molecule has 0 saturated carbocycles. The van der Waals surface area contributed by atoms with Crippen LogP contribution in [0.15, 0.2) is 35.2 Å². The Hall–Kier alpha value is -0.630. The van der Waals surface area contributed by atoms with Gasteiger partial charge in [0.15, 0.2) is 0 Å². The Morgan fingerprint density at radius 2 is 1.19 bits per heavy atom. The van der Waals surface area contributed by atoms with Crippen molar-refractivity contribution in [3.63, 3.8) is 0 Å². The second-order valence-corrected chi connectivity index (χ2v) is 3.00. The van der Waals surface area contributed by atoms with Crippen molar-refractivity contribution in [2.24, 2.45) is 0 Å². The van der Waals surface area contributed by atoms with Gasteiger partial charge in [-0.2, -0.15) is 13.2 Å². The second-order valence-electron chi connectivity index (χ2n) is 1.86. The molecular formula is C7H10ClF7S. The minimum atomic E-state index is -4.18. The highest BCUT2D eigenvalue weighted by molar-refractivity contribution is 8.00. The van der Waals surface area contributed by atoms with E-state index in [1.807, 2.05) is 0 Å². The predicted octanol–water partition coefficient (Wildman–Crippen LogP) is 4.33. The molecule has 0 heterocycles. The number of hydrogen-bond acceptors (Lipinski definition) is 1. The summed E-state index contributed by atoms with van der Waals surface area (Å²) >= 11 is -0.0993. The van der Waals surface area contributed by atoms with Crippen LogP contribution in [0.25, 0.3) is 0 Å². The molecule has 0 saturated heterocycles. The molecule has 0 nitrogen and oxygen atoms in total. The SMILES string of the molecule is Cl.F.F.F.F.FC(F)(F)Sc1ccccc1. The van der Waals surface area contributed by atoms with Crippen LogP contribution in [-0.4, -0.2) is 5.51 Å². The summed E-state index contributed by atoms with van der Waals surface area (Å²) in [4.78, 5) is 0.222. The van der Waals surface area contributed by atoms with Crippen molar-refractivity contribution in [1.29, 1.82) is 0 Å². The first-order valence-electron chi connectivity index (χ1n) is 2.89. The zero-order chi connectivity index (χ0) is 8.32. The maximum atomic E-state index is 11.7. The molecule has 0 bridgehead atoms. The highest BCUT2D eigenvalue weighted by Crippen LogP contribution is 2.36. The van der Waals surface area contributed by atoms with Crippen LogP contribution in [0.1, 0.15) is 0 Å². The molecule has 0 amide bonds. The number of benzene rings is 1. The average molecular weight is 295 g/mol. The van der Waals surface area contributed by atoms with E-state index < -0.39 is 5.51 Å². The molecule has 0 aliphatic rings. The number of alkyl halides is 3. The van der Waals surface area contributed by atoms with Crippen molar-refractivity contribution < 1.29 is 32.0 Å². The zero-order valence-electron chi connectivity index (χ0n) is 7.47. The third-order valence-corrected chi connectivity index (χ3v) is 1.72. The third kappa shape index (κ3) is 13.4. The molecular weight excluding hydrogens is 285 g/mol. The molecule has 16 heavy (non-hydrogen) atoms. The Kier molecular flexibility index (Phi) is 22.9. The van der Waals surface area contributed by atoms with Crippen molar-refractivity contribution in [3.8, 4) is 0 Å². The highest BCUT2D eigenvalue weighted by Gasteiger charge is 2.28. The molecule has 1 rings (SSSR count). The van der Waals surface area contributed by atoms with Gasteiger partial charge in [0.2, 0.25) is 0 Å². The summed E-state index contributed by atoms with van der Waals surface area (Å²) in [5, 5.41) is 0. The number of halogens is 8. The van der Waals surface area contributed by atoms with Crippen molar-refractivity contribution in [2.45, 2.75) is 10.4 Å². The van der Waals surface area contributed by atoms with Crippen LogP contribution in [0, 0.1) is 0 Å². The lowest BCUT2D eigenvalue weighted by molar-refractivity contribution is -0.0328. The van der Waals surface area contributed by atoms with Crippen molar-refractivity contribution >= 4 is 24.2 Å². The van der Waals surface area contributed by atoms with Gasteiger partial charge in [-0.3, -0.25) is 18.8 Å². The third-order valence-electron chi connectivity index (χ3n) is 0.977. The smallest absolute Gasteiger partial charge is 0.269 e. The van der Waals surface area contributed by atoms with Crippen molar-refractivity contribution in [2.75, 3.05) is 0 Å². The van der Waals surface area contributed by atoms with Crippen LogP contribution < -0.4 is 0 Å². The standard InChI is InChI=1S/C7H5F3S.ClH.4FH/c8-7(9,10)11-6-4-2-1-3-5-6;;;;;/h1-5H;5*1H. The topological polar surface area (TPSA) is 0 Å². The van der Waals surface area contributed by atoms with Gasteiger partial charge in [-0.1, -0.05) is 18.2 Å². The van der Waals surface area contributed by atoms with Gasteiger partial charge in [-0.25, -0.2) is 0 Å². The highest BCUT2D eigenvalue weighted by atomic mass is 35.5. The number of hydrogen-bond donors (Lipinski definition) is 0. The van der Waals surface area contributed by atoms with E-state index in [0.717, 1.165) is 0 Å². The first kappa shape index (κ1) is 29.5. The largest absolute Gasteiger partial charge is 0.446 e. The predicted molar refractivity (Wildman–Crippen MR) is 55.6 cm³/mol. The summed E-state index contributed by atoms with van der Waals surface area (Å²) in [5.74, 6) is 0. The molecule has 0 fully saturated rings. The maximum Gasteiger partial charge on any atom is 0.446 e. The minimum absolute atomic E-state index is 0. The summed E-state index contributed by atoms with van der Waals surface area (Å²) in [6.07, 6.45) is 0. The quantitative estimate of drug-likeness (QED) is 0.549. The van der Waals surface area contributed by atoms with E-state index in [9.17, 15) is 13.2 Å². The molecule has 100 valence electrons. The monoisotopic (exact) mass is 294 g/mol. The van der Waals surface area contributed by atoms with Crippen LogP contribution >= 0.6 is 24.2 Å². The van der Waals surface area contributed by atoms with E-state index in [1.165, 1.54) is 12.1 Å². The summed E-state index contributed by atoms with van der Waals surface area (Å²) in [6, 6.07) is 7.69. The Morgan fingerprint density at radius 3 is 1.50 bits per heavy atom. The molecule has 0 aliphatic carbocycles. The number of thioether (sulfide) groups is 1. The van der Waals surface area contributed by atoms with E-state index in [1.54, 1.807) is 18.2 Å². The summed E-state index contributed by atoms with van der Waals surface area (Å²) in [5.41, 5.74) is -4.18. The van der Waals surface area contributed by atoms with E-state index in [-0.39, 0.29) is 47.9 Å². The fourth-order valence-corrected chi connectivity index (χ4v) is 1.18. The van der Waals surface area contributed by atoms with Gasteiger partial charge in [0.05, 0.1) is 0 Å². The van der Waals surface area contributed by atoms with Crippen LogP contribution in [0.4, 0.5) is 32.0 Å². The van der Waals surface area contributed by atoms with Crippen molar-refractivity contribution in [1.82, 2.24) is 0 Å². The lowest BCUT2D eigenvalue weighted by Crippen LogP contribution is -1.98. The minimum Gasteiger partial charge on any atom is -0.269 e. The Morgan fingerprint density at radius 1 is 0.812 bits per heavy atom. The van der Waals surface area contributed by atoms with Crippen LogP contribution in [-0.2, 0) is 0 Å². The van der Waals surface area contributed by atoms with Crippen LogP contribution in [0.3, 0.4) is 0 Å². The lowest BCUT2D eigenvalue weighted by atomic mass is 10.4.